The van der Waals surface area contributed by atoms with Crippen LogP contribution in [0.4, 0.5) is 0 Å². The summed E-state index contributed by atoms with van der Waals surface area (Å²) in [6.07, 6.45) is 2.35. The fourth-order valence-corrected chi connectivity index (χ4v) is 4.99. The van der Waals surface area contributed by atoms with Gasteiger partial charge in [-0.15, -0.1) is 0 Å². The lowest BCUT2D eigenvalue weighted by Crippen LogP contribution is -2.38. The Morgan fingerprint density at radius 3 is 2.47 bits per heavy atom. The second-order valence-corrected chi connectivity index (χ2v) is 9.33. The van der Waals surface area contributed by atoms with E-state index in [-0.39, 0.29) is 11.3 Å². The van der Waals surface area contributed by atoms with Crippen molar-refractivity contribution in [3.63, 3.8) is 0 Å². The molecule has 0 aliphatic carbocycles. The minimum atomic E-state index is -0.735. The van der Waals surface area contributed by atoms with Gasteiger partial charge in [-0.1, -0.05) is 24.8 Å². The molecule has 0 aromatic heterocycles. The van der Waals surface area contributed by atoms with Gasteiger partial charge in [0, 0.05) is 31.7 Å². The molecule has 3 heterocycles. The normalized spacial score (nSPS) is 20.9. The molecule has 2 fully saturated rings. The van der Waals surface area contributed by atoms with E-state index in [1.54, 1.807) is 41.3 Å². The number of Topliss-reactive ketones (excluding diaryl/α,β-unsaturated/α-hetero) is 1. The van der Waals surface area contributed by atoms with Crippen LogP contribution < -0.4 is 14.2 Å². The molecule has 0 unspecified atom stereocenters. The topological polar surface area (TPSA) is 97.8 Å². The highest BCUT2D eigenvalue weighted by Crippen LogP contribution is 2.41. The average Bonchev–Trinajstić information content (AvgIpc) is 3.21. The van der Waals surface area contributed by atoms with Crippen molar-refractivity contribution in [2.24, 2.45) is 0 Å². The van der Waals surface area contributed by atoms with Crippen LogP contribution in [0.2, 0.25) is 0 Å². The quantitative estimate of drug-likeness (QED) is 0.233. The SMILES string of the molecule is C=CCOc1ccc([C@H]2/C(=C(\O)c3ccc4c(c3)OCCO4)C(=O)C(=O)N2CCCN2CCOCC2)cc1. The van der Waals surface area contributed by atoms with E-state index in [2.05, 4.69) is 11.5 Å². The monoisotopic (exact) mass is 520 g/mol. The number of carbonyl (C=O) groups excluding carboxylic acids is 2. The van der Waals surface area contributed by atoms with Crippen molar-refractivity contribution in [2.45, 2.75) is 12.5 Å². The second kappa shape index (κ2) is 11.7. The zero-order valence-electron chi connectivity index (χ0n) is 21.3. The summed E-state index contributed by atoms with van der Waals surface area (Å²) in [6.45, 7) is 9.11. The zero-order valence-corrected chi connectivity index (χ0v) is 21.3. The van der Waals surface area contributed by atoms with Gasteiger partial charge < -0.3 is 29.0 Å². The highest BCUT2D eigenvalue weighted by molar-refractivity contribution is 6.46. The molecule has 1 atom stereocenters. The van der Waals surface area contributed by atoms with Crippen molar-refractivity contribution in [3.8, 4) is 17.2 Å². The van der Waals surface area contributed by atoms with E-state index in [4.69, 9.17) is 18.9 Å². The zero-order chi connectivity index (χ0) is 26.5. The number of amides is 1. The lowest BCUT2D eigenvalue weighted by Gasteiger charge is -2.29. The Morgan fingerprint density at radius 1 is 1.00 bits per heavy atom. The van der Waals surface area contributed by atoms with Gasteiger partial charge in [0.05, 0.1) is 24.8 Å². The van der Waals surface area contributed by atoms with Crippen LogP contribution in [0.25, 0.3) is 5.76 Å². The summed E-state index contributed by atoms with van der Waals surface area (Å²) in [5.41, 5.74) is 1.15. The number of ether oxygens (including phenoxy) is 4. The smallest absolute Gasteiger partial charge is 0.295 e. The van der Waals surface area contributed by atoms with E-state index < -0.39 is 17.7 Å². The molecule has 2 aromatic rings. The van der Waals surface area contributed by atoms with Gasteiger partial charge in [0.1, 0.15) is 31.3 Å². The van der Waals surface area contributed by atoms with E-state index in [1.165, 1.54) is 0 Å². The third kappa shape index (κ3) is 5.39. The van der Waals surface area contributed by atoms with Crippen molar-refractivity contribution in [1.82, 2.24) is 9.80 Å². The first-order valence-electron chi connectivity index (χ1n) is 12.9. The first-order chi connectivity index (χ1) is 18.6. The van der Waals surface area contributed by atoms with Crippen LogP contribution >= 0.6 is 0 Å². The summed E-state index contributed by atoms with van der Waals surface area (Å²) in [6, 6.07) is 11.5. The predicted octanol–water partition coefficient (Wildman–Crippen LogP) is 3.17. The average molecular weight is 521 g/mol. The number of fused-ring (bicyclic) bond motifs is 1. The summed E-state index contributed by atoms with van der Waals surface area (Å²) in [5, 5.41) is 11.4. The highest BCUT2D eigenvalue weighted by atomic mass is 16.6. The lowest BCUT2D eigenvalue weighted by molar-refractivity contribution is -0.140. The van der Waals surface area contributed by atoms with Gasteiger partial charge in [-0.25, -0.2) is 0 Å². The number of morpholine rings is 1. The van der Waals surface area contributed by atoms with Gasteiger partial charge >= 0.3 is 0 Å². The number of benzene rings is 2. The largest absolute Gasteiger partial charge is 0.507 e. The maximum absolute atomic E-state index is 13.3. The van der Waals surface area contributed by atoms with Gasteiger partial charge in [0.25, 0.3) is 11.7 Å². The molecule has 9 nitrogen and oxygen atoms in total. The molecule has 9 heteroatoms. The fourth-order valence-electron chi connectivity index (χ4n) is 4.99. The molecule has 5 rings (SSSR count). The maximum Gasteiger partial charge on any atom is 0.295 e. The number of rotatable bonds is 9. The highest BCUT2D eigenvalue weighted by Gasteiger charge is 2.46. The number of hydrogen-bond acceptors (Lipinski definition) is 8. The van der Waals surface area contributed by atoms with E-state index in [0.717, 1.165) is 19.6 Å². The first kappa shape index (κ1) is 25.8. The first-order valence-corrected chi connectivity index (χ1v) is 12.9. The number of aliphatic hydroxyl groups excluding tert-OH is 1. The van der Waals surface area contributed by atoms with Crippen LogP contribution in [0, 0.1) is 0 Å². The summed E-state index contributed by atoms with van der Waals surface area (Å²) in [7, 11) is 0. The molecule has 0 radical (unpaired) electrons. The minimum Gasteiger partial charge on any atom is -0.507 e. The molecule has 0 saturated carbocycles. The van der Waals surface area contributed by atoms with E-state index in [1.807, 2.05) is 12.1 Å². The standard InChI is InChI=1S/C29H32N2O7/c1-2-14-36-22-7-4-20(5-8-22)26-25(27(32)21-6-9-23-24(19-21)38-18-17-37-23)28(33)29(34)31(26)11-3-10-30-12-15-35-16-13-30/h2,4-9,19,26,32H,1,3,10-18H2/b27-25+/t26-/m0/s1. The Labute approximate surface area is 221 Å². The van der Waals surface area contributed by atoms with Crippen molar-refractivity contribution < 1.29 is 33.6 Å². The molecule has 1 N–H and O–H groups in total. The summed E-state index contributed by atoms with van der Waals surface area (Å²) in [4.78, 5) is 30.5. The number of carbonyl (C=O) groups is 2. The number of ketones is 1. The Bertz CT molecular complexity index is 1220. The Kier molecular flexibility index (Phi) is 7.95. The summed E-state index contributed by atoms with van der Waals surface area (Å²) < 4.78 is 22.3. The molecule has 200 valence electrons. The maximum atomic E-state index is 13.3. The van der Waals surface area contributed by atoms with Crippen LogP contribution in [0.15, 0.2) is 60.7 Å². The molecule has 3 aliphatic heterocycles. The molecule has 0 spiro atoms. The molecule has 2 aromatic carbocycles. The molecular formula is C29H32N2O7. The van der Waals surface area contributed by atoms with Crippen LogP contribution in [0.3, 0.4) is 0 Å². The molecule has 0 bridgehead atoms. The molecular weight excluding hydrogens is 488 g/mol. The van der Waals surface area contributed by atoms with Crippen LogP contribution in [0.5, 0.6) is 17.2 Å². The molecule has 2 saturated heterocycles. The van der Waals surface area contributed by atoms with Crippen LogP contribution in [-0.4, -0.2) is 85.8 Å². The van der Waals surface area contributed by atoms with Crippen molar-refractivity contribution in [3.05, 3.63) is 71.8 Å². The van der Waals surface area contributed by atoms with Gasteiger partial charge in [-0.3, -0.25) is 14.5 Å². The number of hydrogen-bond donors (Lipinski definition) is 1. The van der Waals surface area contributed by atoms with Crippen molar-refractivity contribution >= 4 is 17.4 Å². The third-order valence-electron chi connectivity index (χ3n) is 6.90. The Hall–Kier alpha value is -3.82. The summed E-state index contributed by atoms with van der Waals surface area (Å²) >= 11 is 0. The van der Waals surface area contributed by atoms with E-state index in [9.17, 15) is 14.7 Å². The third-order valence-corrected chi connectivity index (χ3v) is 6.90. The minimum absolute atomic E-state index is 0.0535. The molecule has 38 heavy (non-hydrogen) atoms. The number of likely N-dealkylation sites (tertiary alicyclic amines) is 1. The van der Waals surface area contributed by atoms with Gasteiger partial charge in [-0.2, -0.15) is 0 Å². The van der Waals surface area contributed by atoms with Crippen LogP contribution in [-0.2, 0) is 14.3 Å². The van der Waals surface area contributed by atoms with Crippen molar-refractivity contribution in [1.29, 1.82) is 0 Å². The summed E-state index contributed by atoms with van der Waals surface area (Å²) in [5.74, 6) is 0.130. The van der Waals surface area contributed by atoms with Gasteiger partial charge in [0.15, 0.2) is 11.5 Å². The number of nitrogens with zero attached hydrogens (tertiary/aromatic N) is 2. The predicted molar refractivity (Wildman–Crippen MR) is 140 cm³/mol. The Morgan fingerprint density at radius 2 is 1.74 bits per heavy atom. The van der Waals surface area contributed by atoms with E-state index >= 15 is 0 Å². The number of aliphatic hydroxyl groups is 1. The van der Waals surface area contributed by atoms with Gasteiger partial charge in [0.2, 0.25) is 0 Å². The lowest BCUT2D eigenvalue weighted by atomic mass is 9.95. The Balaban J connectivity index is 1.47. The van der Waals surface area contributed by atoms with Crippen LogP contribution in [0.1, 0.15) is 23.6 Å². The van der Waals surface area contributed by atoms with E-state index in [0.29, 0.717) is 74.4 Å². The fraction of sp³-hybridized carbons (Fsp3) is 0.379. The molecule has 3 aliphatic rings. The second-order valence-electron chi connectivity index (χ2n) is 9.33. The van der Waals surface area contributed by atoms with Gasteiger partial charge in [-0.05, 0) is 42.3 Å². The molecule has 1 amide bonds. The van der Waals surface area contributed by atoms with Crippen molar-refractivity contribution in [2.75, 3.05) is 59.2 Å².